The molecule has 0 N–H and O–H groups in total. The Labute approximate surface area is 158 Å². The Morgan fingerprint density at radius 1 is 1.00 bits per heavy atom. The Morgan fingerprint density at radius 3 is 2.41 bits per heavy atom. The van der Waals surface area contributed by atoms with Gasteiger partial charge in [0.2, 0.25) is 5.88 Å². The lowest BCUT2D eigenvalue weighted by atomic mass is 10.2. The number of nitrogens with zero attached hydrogens (tertiary/aromatic N) is 5. The van der Waals surface area contributed by atoms with Crippen molar-refractivity contribution in [3.8, 4) is 5.88 Å². The first-order chi connectivity index (χ1) is 13.1. The van der Waals surface area contributed by atoms with E-state index in [1.165, 1.54) is 10.6 Å². The maximum absolute atomic E-state index is 12.8. The zero-order valence-electron chi connectivity index (χ0n) is 15.2. The highest BCUT2D eigenvalue weighted by Gasteiger charge is 2.33. The fourth-order valence-corrected chi connectivity index (χ4v) is 5.06. The van der Waals surface area contributed by atoms with Crippen LogP contribution in [0, 0.1) is 0 Å². The molecule has 10 heteroatoms. The molecule has 146 valence electrons. The molecule has 4 rings (SSSR count). The zero-order chi connectivity index (χ0) is 18.9. The average molecular weight is 393 g/mol. The van der Waals surface area contributed by atoms with Gasteiger partial charge in [-0.2, -0.15) is 17.0 Å². The Bertz CT molecular complexity index is 909. The number of hydrogen-bond donors (Lipinski definition) is 0. The van der Waals surface area contributed by atoms with Gasteiger partial charge in [0.15, 0.2) is 0 Å². The van der Waals surface area contributed by atoms with Gasteiger partial charge in [-0.1, -0.05) is 0 Å². The minimum absolute atomic E-state index is 0.424. The fourth-order valence-electron chi connectivity index (χ4n) is 3.50. The number of anilines is 1. The smallest absolute Gasteiger partial charge is 0.282 e. The molecular weight excluding hydrogens is 370 g/mol. The van der Waals surface area contributed by atoms with Crippen LogP contribution in [0.3, 0.4) is 0 Å². The SMILES string of the molecule is COc1ncnc2ccc(N3CCN(S(=O)(=O)N4CCOCC4)CC3)cc12. The second-order valence-electron chi connectivity index (χ2n) is 6.49. The van der Waals surface area contributed by atoms with Crippen molar-refractivity contribution in [2.45, 2.75) is 0 Å². The van der Waals surface area contributed by atoms with E-state index in [1.807, 2.05) is 18.2 Å². The van der Waals surface area contributed by atoms with Crippen LogP contribution in [0.4, 0.5) is 5.69 Å². The Kier molecular flexibility index (Phi) is 5.13. The number of hydrogen-bond acceptors (Lipinski definition) is 7. The van der Waals surface area contributed by atoms with Crippen LogP contribution in [0.1, 0.15) is 0 Å². The number of methoxy groups -OCH3 is 1. The summed E-state index contributed by atoms with van der Waals surface area (Å²) in [6.45, 7) is 3.94. The van der Waals surface area contributed by atoms with Crippen LogP contribution in [0.25, 0.3) is 10.9 Å². The summed E-state index contributed by atoms with van der Waals surface area (Å²) in [5.74, 6) is 0.537. The topological polar surface area (TPSA) is 88.1 Å². The van der Waals surface area contributed by atoms with Crippen molar-refractivity contribution in [1.29, 1.82) is 0 Å². The maximum Gasteiger partial charge on any atom is 0.282 e. The van der Waals surface area contributed by atoms with Gasteiger partial charge in [0.25, 0.3) is 10.2 Å². The minimum Gasteiger partial charge on any atom is -0.480 e. The third-order valence-corrected chi connectivity index (χ3v) is 7.04. The van der Waals surface area contributed by atoms with Crippen molar-refractivity contribution in [2.24, 2.45) is 0 Å². The Morgan fingerprint density at radius 2 is 1.70 bits per heavy atom. The molecule has 0 spiro atoms. The van der Waals surface area contributed by atoms with Crippen LogP contribution in [-0.2, 0) is 14.9 Å². The molecule has 2 aliphatic rings. The molecule has 2 saturated heterocycles. The Balaban J connectivity index is 1.48. The normalized spacial score (nSPS) is 20.1. The van der Waals surface area contributed by atoms with Crippen LogP contribution < -0.4 is 9.64 Å². The molecule has 0 atom stereocenters. The Hall–Kier alpha value is -2.01. The van der Waals surface area contributed by atoms with Gasteiger partial charge in [0, 0.05) is 45.0 Å². The van der Waals surface area contributed by atoms with Gasteiger partial charge in [-0.3, -0.25) is 0 Å². The summed E-state index contributed by atoms with van der Waals surface area (Å²) in [6.07, 6.45) is 1.48. The van der Waals surface area contributed by atoms with E-state index in [4.69, 9.17) is 9.47 Å². The molecule has 0 amide bonds. The van der Waals surface area contributed by atoms with Gasteiger partial charge in [0.1, 0.15) is 6.33 Å². The van der Waals surface area contributed by atoms with E-state index in [1.54, 1.807) is 11.4 Å². The van der Waals surface area contributed by atoms with Gasteiger partial charge in [-0.05, 0) is 18.2 Å². The molecule has 2 aromatic rings. The summed E-state index contributed by atoms with van der Waals surface area (Å²) in [4.78, 5) is 10.6. The molecule has 2 fully saturated rings. The number of morpholine rings is 1. The first-order valence-electron chi connectivity index (χ1n) is 8.96. The van der Waals surface area contributed by atoms with Crippen molar-refractivity contribution < 1.29 is 17.9 Å². The number of piperazine rings is 1. The molecule has 1 aromatic carbocycles. The van der Waals surface area contributed by atoms with Crippen LogP contribution in [0.2, 0.25) is 0 Å². The van der Waals surface area contributed by atoms with Crippen LogP contribution >= 0.6 is 0 Å². The molecule has 9 nitrogen and oxygen atoms in total. The van der Waals surface area contributed by atoms with Crippen molar-refractivity contribution in [3.05, 3.63) is 24.5 Å². The van der Waals surface area contributed by atoms with E-state index < -0.39 is 10.2 Å². The molecular formula is C17H23N5O4S. The lowest BCUT2D eigenvalue weighted by molar-refractivity contribution is 0.0700. The molecule has 2 aliphatic heterocycles. The summed E-state index contributed by atoms with van der Waals surface area (Å²) < 4.78 is 39.2. The lowest BCUT2D eigenvalue weighted by Crippen LogP contribution is -2.55. The van der Waals surface area contributed by atoms with E-state index in [2.05, 4.69) is 14.9 Å². The molecule has 3 heterocycles. The zero-order valence-corrected chi connectivity index (χ0v) is 16.1. The van der Waals surface area contributed by atoms with Crippen molar-refractivity contribution >= 4 is 26.8 Å². The van der Waals surface area contributed by atoms with Crippen LogP contribution in [0.5, 0.6) is 5.88 Å². The number of rotatable bonds is 4. The number of ether oxygens (including phenoxy) is 2. The molecule has 0 bridgehead atoms. The van der Waals surface area contributed by atoms with Crippen LogP contribution in [0.15, 0.2) is 24.5 Å². The highest BCUT2D eigenvalue weighted by atomic mass is 32.2. The average Bonchev–Trinajstić information content (AvgIpc) is 2.73. The predicted molar refractivity (Wildman–Crippen MR) is 101 cm³/mol. The number of benzene rings is 1. The first kappa shape index (κ1) is 18.4. The molecule has 0 unspecified atom stereocenters. The highest BCUT2D eigenvalue weighted by molar-refractivity contribution is 7.86. The van der Waals surface area contributed by atoms with E-state index in [9.17, 15) is 8.42 Å². The van der Waals surface area contributed by atoms with Gasteiger partial charge in [-0.25, -0.2) is 9.97 Å². The second kappa shape index (κ2) is 7.55. The second-order valence-corrected chi connectivity index (χ2v) is 8.42. The predicted octanol–water partition coefficient (Wildman–Crippen LogP) is 0.337. The first-order valence-corrected chi connectivity index (χ1v) is 10.4. The molecule has 27 heavy (non-hydrogen) atoms. The van der Waals surface area contributed by atoms with E-state index in [0.29, 0.717) is 58.4 Å². The molecule has 0 radical (unpaired) electrons. The van der Waals surface area contributed by atoms with Gasteiger partial charge >= 0.3 is 0 Å². The lowest BCUT2D eigenvalue weighted by Gasteiger charge is -2.38. The monoisotopic (exact) mass is 393 g/mol. The standard InChI is InChI=1S/C17H23N5O4S/c1-25-17-15-12-14(2-3-16(15)18-13-19-17)20-4-6-21(7-5-20)27(23,24)22-8-10-26-11-9-22/h2-3,12-13H,4-11H2,1H3. The summed E-state index contributed by atoms with van der Waals surface area (Å²) in [5, 5.41) is 0.848. The number of aromatic nitrogens is 2. The summed E-state index contributed by atoms with van der Waals surface area (Å²) in [7, 11) is -1.83. The third kappa shape index (κ3) is 3.57. The van der Waals surface area contributed by atoms with Crippen molar-refractivity contribution in [2.75, 3.05) is 64.5 Å². The minimum atomic E-state index is -3.42. The third-order valence-electron chi connectivity index (χ3n) is 5.00. The summed E-state index contributed by atoms with van der Waals surface area (Å²) >= 11 is 0. The van der Waals surface area contributed by atoms with E-state index >= 15 is 0 Å². The van der Waals surface area contributed by atoms with Gasteiger partial charge in [-0.15, -0.1) is 0 Å². The van der Waals surface area contributed by atoms with Gasteiger partial charge in [0.05, 0.1) is 31.2 Å². The summed E-state index contributed by atoms with van der Waals surface area (Å²) in [6, 6.07) is 5.94. The molecule has 0 aliphatic carbocycles. The fraction of sp³-hybridized carbons (Fsp3) is 0.529. The maximum atomic E-state index is 12.8. The molecule has 0 saturated carbocycles. The number of fused-ring (bicyclic) bond motifs is 1. The van der Waals surface area contributed by atoms with E-state index in [0.717, 1.165) is 16.6 Å². The van der Waals surface area contributed by atoms with Crippen LogP contribution in [-0.4, -0.2) is 86.6 Å². The molecule has 1 aromatic heterocycles. The summed E-state index contributed by atoms with van der Waals surface area (Å²) in [5.41, 5.74) is 1.83. The largest absolute Gasteiger partial charge is 0.480 e. The quantitative estimate of drug-likeness (QED) is 0.740. The van der Waals surface area contributed by atoms with Crippen molar-refractivity contribution in [1.82, 2.24) is 18.6 Å². The van der Waals surface area contributed by atoms with Crippen molar-refractivity contribution in [3.63, 3.8) is 0 Å². The van der Waals surface area contributed by atoms with Gasteiger partial charge < -0.3 is 14.4 Å². The highest BCUT2D eigenvalue weighted by Crippen LogP contribution is 2.27. The van der Waals surface area contributed by atoms with E-state index in [-0.39, 0.29) is 0 Å².